The molecule has 22 heavy (non-hydrogen) atoms. The number of carbonyl (C=O) groups is 1. The number of amides is 1. The molecule has 0 bridgehead atoms. The topological polar surface area (TPSA) is 55.2 Å². The Labute approximate surface area is 137 Å². The minimum absolute atomic E-state index is 0.0472. The average molecular weight is 337 g/mol. The van der Waals surface area contributed by atoms with Crippen LogP contribution in [0.3, 0.4) is 0 Å². The summed E-state index contributed by atoms with van der Waals surface area (Å²) in [5, 5.41) is 0.843. The van der Waals surface area contributed by atoms with Crippen LogP contribution in [0.5, 0.6) is 0 Å². The molecule has 0 aromatic carbocycles. The maximum atomic E-state index is 12.9. The maximum Gasteiger partial charge on any atom is 0.265 e. The third-order valence-corrected chi connectivity index (χ3v) is 6.47. The van der Waals surface area contributed by atoms with Crippen LogP contribution in [0.25, 0.3) is 10.2 Å². The van der Waals surface area contributed by atoms with E-state index in [0.717, 1.165) is 30.7 Å². The highest BCUT2D eigenvalue weighted by atomic mass is 32.2. The number of fused-ring (bicyclic) bond motifs is 1. The Morgan fingerprint density at radius 2 is 2.27 bits per heavy atom. The predicted molar refractivity (Wildman–Crippen MR) is 91.8 cm³/mol. The maximum absolute atomic E-state index is 12.9. The molecule has 1 aliphatic heterocycles. The lowest BCUT2D eigenvalue weighted by atomic mass is 10.2. The van der Waals surface area contributed by atoms with E-state index in [0.29, 0.717) is 15.1 Å². The van der Waals surface area contributed by atoms with Crippen LogP contribution in [0.15, 0.2) is 11.1 Å². The van der Waals surface area contributed by atoms with Crippen LogP contribution < -0.4 is 5.56 Å². The zero-order valence-corrected chi connectivity index (χ0v) is 14.6. The number of aryl methyl sites for hydroxylation is 2. The Bertz CT molecular complexity index is 781. The van der Waals surface area contributed by atoms with Crippen LogP contribution in [0, 0.1) is 6.92 Å². The minimum atomic E-state index is -0.0845. The molecule has 3 rings (SSSR count). The number of carbonyl (C=O) groups excluding carboxylic acids is 1. The second kappa shape index (κ2) is 6.04. The van der Waals surface area contributed by atoms with Gasteiger partial charge in [0.15, 0.2) is 0 Å². The first-order valence-corrected chi connectivity index (χ1v) is 9.28. The van der Waals surface area contributed by atoms with Crippen molar-refractivity contribution in [1.29, 1.82) is 0 Å². The summed E-state index contributed by atoms with van der Waals surface area (Å²) in [6.07, 6.45) is 3.59. The van der Waals surface area contributed by atoms with E-state index in [4.69, 9.17) is 0 Å². The van der Waals surface area contributed by atoms with Crippen molar-refractivity contribution in [2.24, 2.45) is 7.05 Å². The van der Waals surface area contributed by atoms with Gasteiger partial charge in [0.05, 0.1) is 22.0 Å². The quantitative estimate of drug-likeness (QED) is 0.864. The zero-order chi connectivity index (χ0) is 15.9. The molecular weight excluding hydrogens is 318 g/mol. The molecule has 118 valence electrons. The molecule has 2 aromatic heterocycles. The van der Waals surface area contributed by atoms with Crippen molar-refractivity contribution >= 4 is 39.2 Å². The van der Waals surface area contributed by atoms with Crippen molar-refractivity contribution in [1.82, 2.24) is 14.5 Å². The fourth-order valence-electron chi connectivity index (χ4n) is 2.78. The van der Waals surface area contributed by atoms with E-state index in [9.17, 15) is 9.59 Å². The Morgan fingerprint density at radius 3 is 3.00 bits per heavy atom. The zero-order valence-electron chi connectivity index (χ0n) is 13.0. The molecule has 0 radical (unpaired) electrons. The van der Waals surface area contributed by atoms with E-state index in [1.54, 1.807) is 7.05 Å². The molecule has 0 aliphatic carbocycles. The van der Waals surface area contributed by atoms with Crippen LogP contribution in [0.2, 0.25) is 0 Å². The molecule has 1 fully saturated rings. The second-order valence-corrected chi connectivity index (χ2v) is 7.79. The molecule has 1 amide bonds. The number of thiophene rings is 1. The van der Waals surface area contributed by atoms with E-state index in [1.807, 2.05) is 23.6 Å². The van der Waals surface area contributed by atoms with Gasteiger partial charge in [0.2, 0.25) is 0 Å². The summed E-state index contributed by atoms with van der Waals surface area (Å²) in [6, 6.07) is 0. The largest absolute Gasteiger partial charge is 0.325 e. The Morgan fingerprint density at radius 1 is 1.50 bits per heavy atom. The van der Waals surface area contributed by atoms with Gasteiger partial charge in [-0.05, 0) is 18.9 Å². The summed E-state index contributed by atoms with van der Waals surface area (Å²) >= 11 is 3.18. The van der Waals surface area contributed by atoms with Crippen molar-refractivity contribution in [3.8, 4) is 0 Å². The molecule has 1 saturated heterocycles. The van der Waals surface area contributed by atoms with Crippen LogP contribution in [0.1, 0.15) is 35.0 Å². The van der Waals surface area contributed by atoms with Crippen molar-refractivity contribution in [3.05, 3.63) is 27.1 Å². The predicted octanol–water partition coefficient (Wildman–Crippen LogP) is 2.62. The lowest BCUT2D eigenvalue weighted by molar-refractivity contribution is 0.0761. The molecular formula is C15H19N3O2S2. The molecule has 1 atom stereocenters. The first-order chi connectivity index (χ1) is 10.5. The number of hydrogen-bond acceptors (Lipinski definition) is 5. The molecule has 0 saturated carbocycles. The van der Waals surface area contributed by atoms with Crippen molar-refractivity contribution in [3.63, 3.8) is 0 Å². The van der Waals surface area contributed by atoms with E-state index in [-0.39, 0.29) is 16.8 Å². The number of thioether (sulfide) groups is 1. The van der Waals surface area contributed by atoms with Gasteiger partial charge >= 0.3 is 0 Å². The minimum Gasteiger partial charge on any atom is -0.325 e. The molecule has 0 unspecified atom stereocenters. The van der Waals surface area contributed by atoms with Crippen LogP contribution >= 0.6 is 23.1 Å². The van der Waals surface area contributed by atoms with E-state index < -0.39 is 0 Å². The van der Waals surface area contributed by atoms with Crippen molar-refractivity contribution < 1.29 is 4.79 Å². The highest BCUT2D eigenvalue weighted by molar-refractivity contribution is 8.00. The molecule has 7 heteroatoms. The van der Waals surface area contributed by atoms with Gasteiger partial charge in [-0.3, -0.25) is 9.59 Å². The van der Waals surface area contributed by atoms with Gasteiger partial charge in [0.1, 0.15) is 4.83 Å². The number of rotatable bonds is 3. The SMILES string of the molecule is CCC[C@@H]1SCCN1C(=O)c1sc2ncn(C)c(=O)c2c1C. The Kier molecular flexibility index (Phi) is 4.27. The average Bonchev–Trinajstić information content (AvgIpc) is 3.08. The van der Waals surface area contributed by atoms with Crippen LogP contribution in [-0.4, -0.2) is 38.0 Å². The van der Waals surface area contributed by atoms with Gasteiger partial charge in [-0.15, -0.1) is 23.1 Å². The molecule has 1 aliphatic rings. The van der Waals surface area contributed by atoms with Crippen LogP contribution in [-0.2, 0) is 7.05 Å². The van der Waals surface area contributed by atoms with Gasteiger partial charge in [-0.25, -0.2) is 4.98 Å². The van der Waals surface area contributed by atoms with E-state index in [1.165, 1.54) is 22.2 Å². The van der Waals surface area contributed by atoms with Crippen molar-refractivity contribution in [2.75, 3.05) is 12.3 Å². The molecule has 0 N–H and O–H groups in total. The van der Waals surface area contributed by atoms with Crippen LogP contribution in [0.4, 0.5) is 0 Å². The molecule has 0 spiro atoms. The number of hydrogen-bond donors (Lipinski definition) is 0. The first kappa shape index (κ1) is 15.6. The summed E-state index contributed by atoms with van der Waals surface area (Å²) in [5.74, 6) is 1.03. The highest BCUT2D eigenvalue weighted by Gasteiger charge is 2.31. The fourth-order valence-corrected chi connectivity index (χ4v) is 5.24. The smallest absolute Gasteiger partial charge is 0.265 e. The molecule has 2 aromatic rings. The normalized spacial score (nSPS) is 18.3. The highest BCUT2D eigenvalue weighted by Crippen LogP contribution is 2.33. The van der Waals surface area contributed by atoms with Gasteiger partial charge < -0.3 is 9.47 Å². The monoisotopic (exact) mass is 337 g/mol. The molecule has 3 heterocycles. The van der Waals surface area contributed by atoms with E-state index >= 15 is 0 Å². The summed E-state index contributed by atoms with van der Waals surface area (Å²) in [4.78, 5) is 32.7. The fraction of sp³-hybridized carbons (Fsp3) is 0.533. The third kappa shape index (κ3) is 2.46. The van der Waals surface area contributed by atoms with Crippen molar-refractivity contribution in [2.45, 2.75) is 32.1 Å². The summed E-state index contributed by atoms with van der Waals surface area (Å²) in [7, 11) is 1.68. The van der Waals surface area contributed by atoms with Gasteiger partial charge in [-0.1, -0.05) is 13.3 Å². The molecule has 5 nitrogen and oxygen atoms in total. The van der Waals surface area contributed by atoms with E-state index in [2.05, 4.69) is 11.9 Å². The lowest BCUT2D eigenvalue weighted by Crippen LogP contribution is -2.34. The summed E-state index contributed by atoms with van der Waals surface area (Å²) in [6.45, 7) is 4.78. The second-order valence-electron chi connectivity index (χ2n) is 5.51. The standard InChI is InChI=1S/C15H19N3O2S2/c1-4-5-10-18(6-7-21-10)15(20)12-9(2)11-13(22-12)16-8-17(3)14(11)19/h8,10H,4-7H2,1-3H3/t10-/m0/s1. The number of aromatic nitrogens is 2. The van der Waals surface area contributed by atoms with Gasteiger partial charge in [0.25, 0.3) is 11.5 Å². The number of nitrogens with zero attached hydrogens (tertiary/aromatic N) is 3. The third-order valence-electron chi connectivity index (χ3n) is 3.99. The Hall–Kier alpha value is -1.34. The first-order valence-electron chi connectivity index (χ1n) is 7.42. The Balaban J connectivity index is 2.03. The summed E-state index contributed by atoms with van der Waals surface area (Å²) < 4.78 is 1.46. The summed E-state index contributed by atoms with van der Waals surface area (Å²) in [5.41, 5.74) is 0.685. The van der Waals surface area contributed by atoms with Gasteiger partial charge in [0, 0.05) is 19.3 Å². The lowest BCUT2D eigenvalue weighted by Gasteiger charge is -2.23. The van der Waals surface area contributed by atoms with Gasteiger partial charge in [-0.2, -0.15) is 0 Å².